The zero-order valence-electron chi connectivity index (χ0n) is 12.1. The van der Waals surface area contributed by atoms with E-state index in [0.717, 1.165) is 17.8 Å². The Kier molecular flexibility index (Phi) is 6.14. The summed E-state index contributed by atoms with van der Waals surface area (Å²) in [5.41, 5.74) is 0.163. The average molecular weight is 358 g/mol. The number of hydrogen-bond acceptors (Lipinski definition) is 5. The van der Waals surface area contributed by atoms with Gasteiger partial charge in [0.05, 0.1) is 23.7 Å². The third-order valence-corrected chi connectivity index (χ3v) is 3.72. The quantitative estimate of drug-likeness (QED) is 0.612. The summed E-state index contributed by atoms with van der Waals surface area (Å²) in [5.74, 6) is -1.10. The van der Waals surface area contributed by atoms with Crippen molar-refractivity contribution in [3.05, 3.63) is 51.2 Å². The molecule has 0 aliphatic carbocycles. The summed E-state index contributed by atoms with van der Waals surface area (Å²) in [7, 11) is 1.49. The number of H-pyrrole nitrogens is 1. The lowest BCUT2D eigenvalue weighted by Crippen LogP contribution is -2.16. The van der Waals surface area contributed by atoms with Crippen LogP contribution in [0.3, 0.4) is 0 Å². The Bertz CT molecular complexity index is 769. The standard InChI is InChI=1S/C14H13ClFN3O3S/c1-22-6-9-5-12(20)19-14(17-9)23-7-13(21)18-11-3-2-8(15)4-10(11)16/h2-5H,6-7H2,1H3,(H,18,21)(H,17,19,20). The molecule has 0 aliphatic heterocycles. The number of methoxy groups -OCH3 is 1. The first-order valence-corrected chi connectivity index (χ1v) is 7.81. The Morgan fingerprint density at radius 3 is 2.96 bits per heavy atom. The van der Waals surface area contributed by atoms with Gasteiger partial charge >= 0.3 is 0 Å². The molecule has 122 valence electrons. The normalized spacial score (nSPS) is 10.6. The van der Waals surface area contributed by atoms with Gasteiger partial charge in [-0.05, 0) is 18.2 Å². The van der Waals surface area contributed by atoms with E-state index in [9.17, 15) is 14.0 Å². The van der Waals surface area contributed by atoms with Gasteiger partial charge in [-0.15, -0.1) is 0 Å². The van der Waals surface area contributed by atoms with Crippen molar-refractivity contribution in [2.24, 2.45) is 0 Å². The average Bonchev–Trinajstić information content (AvgIpc) is 2.48. The van der Waals surface area contributed by atoms with E-state index in [2.05, 4.69) is 15.3 Å². The second-order valence-corrected chi connectivity index (χ2v) is 5.84. The Morgan fingerprint density at radius 2 is 2.26 bits per heavy atom. The fourth-order valence-corrected chi connectivity index (χ4v) is 2.54. The van der Waals surface area contributed by atoms with E-state index in [1.807, 2.05) is 0 Å². The molecule has 0 radical (unpaired) electrons. The van der Waals surface area contributed by atoms with E-state index in [4.69, 9.17) is 16.3 Å². The van der Waals surface area contributed by atoms with E-state index in [1.165, 1.54) is 25.3 Å². The highest BCUT2D eigenvalue weighted by atomic mass is 35.5. The van der Waals surface area contributed by atoms with Crippen molar-refractivity contribution in [2.75, 3.05) is 18.2 Å². The smallest absolute Gasteiger partial charge is 0.251 e. The number of rotatable bonds is 6. The molecule has 0 saturated carbocycles. The summed E-state index contributed by atoms with van der Waals surface area (Å²) in [4.78, 5) is 30.0. The molecule has 0 bridgehead atoms. The van der Waals surface area contributed by atoms with Crippen LogP contribution in [0.2, 0.25) is 5.02 Å². The monoisotopic (exact) mass is 357 g/mol. The minimum absolute atomic E-state index is 0.0367. The maximum absolute atomic E-state index is 13.6. The van der Waals surface area contributed by atoms with Gasteiger partial charge in [0.1, 0.15) is 5.82 Å². The topological polar surface area (TPSA) is 84.1 Å². The summed E-state index contributed by atoms with van der Waals surface area (Å²) in [6.07, 6.45) is 0. The Balaban J connectivity index is 1.97. The molecule has 0 fully saturated rings. The molecule has 1 amide bonds. The first kappa shape index (κ1) is 17.5. The van der Waals surface area contributed by atoms with Crippen molar-refractivity contribution in [1.82, 2.24) is 9.97 Å². The molecule has 6 nitrogen and oxygen atoms in total. The molecule has 0 unspecified atom stereocenters. The van der Waals surface area contributed by atoms with Crippen molar-refractivity contribution in [2.45, 2.75) is 11.8 Å². The predicted molar refractivity (Wildman–Crippen MR) is 86.3 cm³/mol. The SMILES string of the molecule is COCc1cc(=O)[nH]c(SCC(=O)Nc2ccc(Cl)cc2F)n1. The van der Waals surface area contributed by atoms with Crippen LogP contribution < -0.4 is 10.9 Å². The summed E-state index contributed by atoms with van der Waals surface area (Å²) in [6.45, 7) is 0.194. The van der Waals surface area contributed by atoms with Crippen LogP contribution >= 0.6 is 23.4 Å². The number of ether oxygens (including phenoxy) is 1. The van der Waals surface area contributed by atoms with Crippen molar-refractivity contribution >= 4 is 35.0 Å². The third-order valence-electron chi connectivity index (χ3n) is 2.61. The van der Waals surface area contributed by atoms with Gasteiger partial charge in [-0.25, -0.2) is 9.37 Å². The van der Waals surface area contributed by atoms with Crippen LogP contribution in [-0.2, 0) is 16.1 Å². The number of aromatic amines is 1. The van der Waals surface area contributed by atoms with Gasteiger partial charge in [-0.1, -0.05) is 23.4 Å². The van der Waals surface area contributed by atoms with E-state index in [0.29, 0.717) is 5.69 Å². The fraction of sp³-hybridized carbons (Fsp3) is 0.214. The van der Waals surface area contributed by atoms with Crippen LogP contribution in [0.15, 0.2) is 34.2 Å². The van der Waals surface area contributed by atoms with Gasteiger partial charge in [0, 0.05) is 18.2 Å². The van der Waals surface area contributed by atoms with Gasteiger partial charge in [0.25, 0.3) is 5.56 Å². The number of amides is 1. The molecule has 23 heavy (non-hydrogen) atoms. The number of hydrogen-bond donors (Lipinski definition) is 2. The van der Waals surface area contributed by atoms with Crippen LogP contribution in [0, 0.1) is 5.82 Å². The molecule has 0 atom stereocenters. The van der Waals surface area contributed by atoms with E-state index < -0.39 is 11.7 Å². The highest BCUT2D eigenvalue weighted by Crippen LogP contribution is 2.19. The number of anilines is 1. The van der Waals surface area contributed by atoms with Gasteiger partial charge in [0.15, 0.2) is 5.16 Å². The molecule has 9 heteroatoms. The number of aromatic nitrogens is 2. The van der Waals surface area contributed by atoms with E-state index in [1.54, 1.807) is 0 Å². The zero-order chi connectivity index (χ0) is 16.8. The molecule has 2 N–H and O–H groups in total. The van der Waals surface area contributed by atoms with Crippen LogP contribution in [0.5, 0.6) is 0 Å². The van der Waals surface area contributed by atoms with Crippen LogP contribution in [0.1, 0.15) is 5.69 Å². The van der Waals surface area contributed by atoms with Crippen LogP contribution in [0.25, 0.3) is 0 Å². The summed E-state index contributed by atoms with van der Waals surface area (Å²) >= 11 is 6.67. The lowest BCUT2D eigenvalue weighted by atomic mass is 10.3. The molecule has 0 spiro atoms. The lowest BCUT2D eigenvalue weighted by Gasteiger charge is -2.07. The first-order valence-electron chi connectivity index (χ1n) is 6.45. The maximum atomic E-state index is 13.6. The van der Waals surface area contributed by atoms with E-state index in [-0.39, 0.29) is 33.8 Å². The molecule has 1 aromatic carbocycles. The Morgan fingerprint density at radius 1 is 1.48 bits per heavy atom. The molecular weight excluding hydrogens is 345 g/mol. The predicted octanol–water partition coefficient (Wildman–Crippen LogP) is 2.44. The summed E-state index contributed by atoms with van der Waals surface area (Å²) in [5, 5.41) is 2.95. The number of nitrogens with zero attached hydrogens (tertiary/aromatic N) is 1. The lowest BCUT2D eigenvalue weighted by molar-refractivity contribution is -0.113. The Labute approximate surface area is 140 Å². The number of halogens is 2. The molecule has 2 rings (SSSR count). The van der Waals surface area contributed by atoms with Gasteiger partial charge in [0.2, 0.25) is 5.91 Å². The Hall–Kier alpha value is -1.90. The molecule has 1 heterocycles. The number of carbonyl (C=O) groups excluding carboxylic acids is 1. The summed E-state index contributed by atoms with van der Waals surface area (Å²) < 4.78 is 18.5. The highest BCUT2D eigenvalue weighted by molar-refractivity contribution is 7.99. The number of thioether (sulfide) groups is 1. The summed E-state index contributed by atoms with van der Waals surface area (Å²) in [6, 6.07) is 5.27. The molecule has 0 saturated heterocycles. The second kappa shape index (κ2) is 8.09. The van der Waals surface area contributed by atoms with Crippen molar-refractivity contribution in [3.63, 3.8) is 0 Å². The highest BCUT2D eigenvalue weighted by Gasteiger charge is 2.10. The second-order valence-electron chi connectivity index (χ2n) is 4.44. The van der Waals surface area contributed by atoms with Gasteiger partial charge in [-0.2, -0.15) is 0 Å². The third kappa shape index (κ3) is 5.34. The number of carbonyl (C=O) groups is 1. The minimum atomic E-state index is -0.621. The molecular formula is C14H13ClFN3O3S. The molecule has 1 aromatic heterocycles. The van der Waals surface area contributed by atoms with Crippen molar-refractivity contribution < 1.29 is 13.9 Å². The minimum Gasteiger partial charge on any atom is -0.378 e. The zero-order valence-corrected chi connectivity index (χ0v) is 13.6. The van der Waals surface area contributed by atoms with Gasteiger partial charge < -0.3 is 15.0 Å². The first-order chi connectivity index (χ1) is 11.0. The van der Waals surface area contributed by atoms with Crippen LogP contribution in [-0.4, -0.2) is 28.7 Å². The van der Waals surface area contributed by atoms with E-state index >= 15 is 0 Å². The number of nitrogens with one attached hydrogen (secondary N) is 2. The fourth-order valence-electron chi connectivity index (χ4n) is 1.68. The van der Waals surface area contributed by atoms with Gasteiger partial charge in [-0.3, -0.25) is 9.59 Å². The van der Waals surface area contributed by atoms with Crippen molar-refractivity contribution in [3.8, 4) is 0 Å². The van der Waals surface area contributed by atoms with Crippen molar-refractivity contribution in [1.29, 1.82) is 0 Å². The maximum Gasteiger partial charge on any atom is 0.251 e. The largest absolute Gasteiger partial charge is 0.378 e. The van der Waals surface area contributed by atoms with Crippen LogP contribution in [0.4, 0.5) is 10.1 Å². The molecule has 2 aromatic rings. The number of benzene rings is 1. The molecule has 0 aliphatic rings.